The monoisotopic (exact) mass is 225 g/mol. The summed E-state index contributed by atoms with van der Waals surface area (Å²) in [5.41, 5.74) is 1.61. The van der Waals surface area contributed by atoms with Crippen LogP contribution in [0.2, 0.25) is 10.0 Å². The fourth-order valence-electron chi connectivity index (χ4n) is 1.21. The van der Waals surface area contributed by atoms with Crippen LogP contribution < -0.4 is 0 Å². The van der Waals surface area contributed by atoms with E-state index in [0.29, 0.717) is 10.0 Å². The molecule has 1 aromatic heterocycles. The van der Waals surface area contributed by atoms with Crippen molar-refractivity contribution in [1.82, 2.24) is 9.78 Å². The standard InChI is InChI=1S/C10H7Cl2N2/c1-14-6-5-9(13-14)7-3-2-4-8(11)10(7)12/h2-5H,1H3. The fourth-order valence-corrected chi connectivity index (χ4v) is 1.60. The van der Waals surface area contributed by atoms with Crippen LogP contribution in [0.25, 0.3) is 11.3 Å². The van der Waals surface area contributed by atoms with E-state index in [4.69, 9.17) is 23.2 Å². The van der Waals surface area contributed by atoms with E-state index in [9.17, 15) is 0 Å². The summed E-state index contributed by atoms with van der Waals surface area (Å²) in [5, 5.41) is 5.27. The lowest BCUT2D eigenvalue weighted by Crippen LogP contribution is -1.88. The molecular weight excluding hydrogens is 219 g/mol. The molecule has 14 heavy (non-hydrogen) atoms. The quantitative estimate of drug-likeness (QED) is 0.730. The van der Waals surface area contributed by atoms with Crippen LogP contribution in [0, 0.1) is 6.20 Å². The third-order valence-corrected chi connectivity index (χ3v) is 2.69. The van der Waals surface area contributed by atoms with Gasteiger partial charge in [-0.2, -0.15) is 5.10 Å². The number of nitrogens with zero attached hydrogens (tertiary/aromatic N) is 2. The van der Waals surface area contributed by atoms with Crippen molar-refractivity contribution in [1.29, 1.82) is 0 Å². The van der Waals surface area contributed by atoms with Gasteiger partial charge in [0, 0.05) is 12.6 Å². The lowest BCUT2D eigenvalue weighted by Gasteiger charge is -2.01. The van der Waals surface area contributed by atoms with Crippen molar-refractivity contribution in [2.45, 2.75) is 0 Å². The van der Waals surface area contributed by atoms with Crippen molar-refractivity contribution in [2.75, 3.05) is 0 Å². The summed E-state index contributed by atoms with van der Waals surface area (Å²) in [6.45, 7) is 0. The Morgan fingerprint density at radius 2 is 2.14 bits per heavy atom. The zero-order valence-corrected chi connectivity index (χ0v) is 8.97. The smallest absolute Gasteiger partial charge is 0.0945 e. The van der Waals surface area contributed by atoms with Crippen LogP contribution in [-0.4, -0.2) is 9.78 Å². The summed E-state index contributed by atoms with van der Waals surface area (Å²) >= 11 is 11.9. The molecule has 71 valence electrons. The van der Waals surface area contributed by atoms with Crippen LogP contribution in [0.3, 0.4) is 0 Å². The largest absolute Gasteiger partial charge is 0.266 e. The van der Waals surface area contributed by atoms with Gasteiger partial charge in [-0.05, 0) is 12.1 Å². The van der Waals surface area contributed by atoms with E-state index in [1.54, 1.807) is 16.8 Å². The van der Waals surface area contributed by atoms with Gasteiger partial charge in [-0.3, -0.25) is 4.68 Å². The molecule has 0 saturated carbocycles. The first-order chi connectivity index (χ1) is 6.68. The number of hydrogen-bond donors (Lipinski definition) is 0. The highest BCUT2D eigenvalue weighted by molar-refractivity contribution is 6.43. The molecule has 0 N–H and O–H groups in total. The molecule has 1 heterocycles. The molecule has 0 aliphatic heterocycles. The second kappa shape index (κ2) is 3.64. The van der Waals surface area contributed by atoms with Gasteiger partial charge in [0.05, 0.1) is 21.9 Å². The minimum atomic E-state index is 0.529. The predicted octanol–water partition coefficient (Wildman–Crippen LogP) is 3.19. The zero-order chi connectivity index (χ0) is 10.1. The molecule has 0 spiro atoms. The normalized spacial score (nSPS) is 10.5. The highest BCUT2D eigenvalue weighted by Crippen LogP contribution is 2.32. The van der Waals surface area contributed by atoms with Crippen LogP contribution in [0.1, 0.15) is 0 Å². The minimum absolute atomic E-state index is 0.529. The molecule has 0 atom stereocenters. The van der Waals surface area contributed by atoms with E-state index in [1.165, 1.54) is 0 Å². The number of benzene rings is 1. The molecule has 0 aliphatic carbocycles. The zero-order valence-electron chi connectivity index (χ0n) is 7.46. The highest BCUT2D eigenvalue weighted by atomic mass is 35.5. The van der Waals surface area contributed by atoms with Gasteiger partial charge in [-0.15, -0.1) is 0 Å². The summed E-state index contributed by atoms with van der Waals surface area (Å²) in [6.07, 6.45) is 2.92. The number of rotatable bonds is 1. The predicted molar refractivity (Wildman–Crippen MR) is 57.5 cm³/mol. The highest BCUT2D eigenvalue weighted by Gasteiger charge is 2.08. The Kier molecular flexibility index (Phi) is 2.48. The number of hydrogen-bond acceptors (Lipinski definition) is 1. The van der Waals surface area contributed by atoms with Gasteiger partial charge < -0.3 is 0 Å². The summed E-state index contributed by atoms with van der Waals surface area (Å²) < 4.78 is 1.60. The van der Waals surface area contributed by atoms with E-state index in [0.717, 1.165) is 11.3 Å². The molecule has 2 rings (SSSR count). The number of halogens is 2. The van der Waals surface area contributed by atoms with E-state index in [1.807, 2.05) is 19.2 Å². The van der Waals surface area contributed by atoms with Gasteiger partial charge in [-0.25, -0.2) is 0 Å². The van der Waals surface area contributed by atoms with Crippen molar-refractivity contribution < 1.29 is 0 Å². The topological polar surface area (TPSA) is 17.8 Å². The van der Waals surface area contributed by atoms with Crippen molar-refractivity contribution >= 4 is 23.2 Å². The Labute approximate surface area is 92.1 Å². The van der Waals surface area contributed by atoms with Crippen molar-refractivity contribution in [2.24, 2.45) is 7.05 Å². The second-order valence-corrected chi connectivity index (χ2v) is 3.67. The van der Waals surface area contributed by atoms with E-state index >= 15 is 0 Å². The molecule has 0 aliphatic rings. The van der Waals surface area contributed by atoms with Crippen LogP contribution in [0.4, 0.5) is 0 Å². The van der Waals surface area contributed by atoms with Gasteiger partial charge in [0.15, 0.2) is 0 Å². The van der Waals surface area contributed by atoms with Gasteiger partial charge >= 0.3 is 0 Å². The summed E-state index contributed by atoms with van der Waals surface area (Å²) in [6, 6.07) is 7.25. The Morgan fingerprint density at radius 1 is 1.36 bits per heavy atom. The third kappa shape index (κ3) is 1.63. The van der Waals surface area contributed by atoms with Crippen molar-refractivity contribution in [3.8, 4) is 11.3 Å². The maximum atomic E-state index is 6.04. The van der Waals surface area contributed by atoms with E-state index < -0.39 is 0 Å². The SMILES string of the molecule is Cn1[c]cc(-c2cccc(Cl)c2Cl)n1. The van der Waals surface area contributed by atoms with Crippen LogP contribution in [0.5, 0.6) is 0 Å². The fraction of sp³-hybridized carbons (Fsp3) is 0.100. The van der Waals surface area contributed by atoms with Crippen LogP contribution >= 0.6 is 23.2 Å². The van der Waals surface area contributed by atoms with Gasteiger partial charge in [0.1, 0.15) is 0 Å². The molecule has 0 saturated heterocycles. The van der Waals surface area contributed by atoms with Gasteiger partial charge in [0.2, 0.25) is 0 Å². The first kappa shape index (κ1) is 9.56. The summed E-state index contributed by atoms with van der Waals surface area (Å²) in [7, 11) is 1.81. The van der Waals surface area contributed by atoms with E-state index in [-0.39, 0.29) is 0 Å². The summed E-state index contributed by atoms with van der Waals surface area (Å²) in [4.78, 5) is 0. The molecule has 0 amide bonds. The van der Waals surface area contributed by atoms with Crippen molar-refractivity contribution in [3.05, 3.63) is 40.5 Å². The maximum absolute atomic E-state index is 6.04. The lowest BCUT2D eigenvalue weighted by atomic mass is 10.1. The summed E-state index contributed by atoms with van der Waals surface area (Å²) in [5.74, 6) is 0. The molecule has 0 unspecified atom stereocenters. The average Bonchev–Trinajstić information content (AvgIpc) is 2.57. The molecule has 2 nitrogen and oxygen atoms in total. The Balaban J connectivity index is 2.57. The van der Waals surface area contributed by atoms with E-state index in [2.05, 4.69) is 11.3 Å². The number of aromatic nitrogens is 2. The van der Waals surface area contributed by atoms with Gasteiger partial charge in [-0.1, -0.05) is 35.3 Å². The Hall–Kier alpha value is -0.990. The molecule has 0 fully saturated rings. The maximum Gasteiger partial charge on any atom is 0.0945 e. The first-order valence-corrected chi connectivity index (χ1v) is 4.80. The van der Waals surface area contributed by atoms with Crippen molar-refractivity contribution in [3.63, 3.8) is 0 Å². The molecule has 1 radical (unpaired) electrons. The average molecular weight is 226 g/mol. The first-order valence-electron chi connectivity index (χ1n) is 4.04. The third-order valence-electron chi connectivity index (χ3n) is 1.87. The second-order valence-electron chi connectivity index (χ2n) is 2.88. The molecule has 0 bridgehead atoms. The van der Waals surface area contributed by atoms with Gasteiger partial charge in [0.25, 0.3) is 0 Å². The molecule has 2 aromatic rings. The minimum Gasteiger partial charge on any atom is -0.266 e. The van der Waals surface area contributed by atoms with Crippen LogP contribution in [0.15, 0.2) is 24.3 Å². The van der Waals surface area contributed by atoms with Crippen LogP contribution in [-0.2, 0) is 7.05 Å². The lowest BCUT2D eigenvalue weighted by molar-refractivity contribution is 0.765. The Bertz CT molecular complexity index is 463. The molecular formula is C10H7Cl2N2. The molecule has 4 heteroatoms. The Morgan fingerprint density at radius 3 is 2.79 bits per heavy atom. The molecule has 1 aromatic carbocycles. The number of aryl methyl sites for hydroxylation is 1.